The van der Waals surface area contributed by atoms with Crippen LogP contribution in [0.5, 0.6) is 0 Å². The lowest BCUT2D eigenvalue weighted by atomic mass is 10.1. The lowest BCUT2D eigenvalue weighted by Crippen LogP contribution is -2.45. The number of hydrogen-bond acceptors (Lipinski definition) is 5. The highest BCUT2D eigenvalue weighted by Crippen LogP contribution is 2.37. The van der Waals surface area contributed by atoms with Crippen LogP contribution in [0.1, 0.15) is 42.8 Å². The molecule has 1 unspecified atom stereocenters. The second-order valence-electron chi connectivity index (χ2n) is 7.89. The van der Waals surface area contributed by atoms with Crippen LogP contribution >= 0.6 is 12.6 Å². The van der Waals surface area contributed by atoms with Gasteiger partial charge in [0.05, 0.1) is 5.03 Å². The molecule has 1 aliphatic heterocycles. The van der Waals surface area contributed by atoms with Crippen molar-refractivity contribution in [2.75, 3.05) is 4.90 Å². The maximum absolute atomic E-state index is 12.6. The number of aryl methyl sites for hydroxylation is 2. The fourth-order valence-corrected chi connectivity index (χ4v) is 4.14. The fourth-order valence-electron chi connectivity index (χ4n) is 3.75. The van der Waals surface area contributed by atoms with Gasteiger partial charge in [-0.2, -0.15) is 5.26 Å². The molecule has 1 atom stereocenters. The van der Waals surface area contributed by atoms with E-state index in [1.807, 2.05) is 66.4 Å². The zero-order chi connectivity index (χ0) is 22.7. The first kappa shape index (κ1) is 21.8. The summed E-state index contributed by atoms with van der Waals surface area (Å²) in [7, 11) is 0. The Balaban J connectivity index is 1.71. The largest absolute Gasteiger partial charge is 0.457 e. The summed E-state index contributed by atoms with van der Waals surface area (Å²) in [6.45, 7) is 4.21. The number of hydrogen-bond donors (Lipinski definition) is 2. The molecule has 0 fully saturated rings. The number of carbonyl (C=O) groups excluding carboxylic acids is 1. The summed E-state index contributed by atoms with van der Waals surface area (Å²) in [5.74, 6) is 0.805. The topological polar surface area (TPSA) is 69.3 Å². The minimum atomic E-state index is -0.618. The van der Waals surface area contributed by atoms with Crippen LogP contribution in [0.2, 0.25) is 0 Å². The average Bonchev–Trinajstić information content (AvgIpc) is 3.29. The van der Waals surface area contributed by atoms with Crippen LogP contribution < -0.4 is 10.2 Å². The molecule has 1 aromatic heterocycles. The van der Waals surface area contributed by atoms with E-state index in [1.54, 1.807) is 0 Å². The van der Waals surface area contributed by atoms with Crippen molar-refractivity contribution >= 4 is 24.2 Å². The molecule has 2 heterocycles. The van der Waals surface area contributed by atoms with Gasteiger partial charge in [-0.1, -0.05) is 55.3 Å². The average molecular weight is 444 g/mol. The highest BCUT2D eigenvalue weighted by atomic mass is 32.1. The van der Waals surface area contributed by atoms with E-state index in [0.29, 0.717) is 16.5 Å². The third kappa shape index (κ3) is 4.30. The van der Waals surface area contributed by atoms with E-state index >= 15 is 0 Å². The summed E-state index contributed by atoms with van der Waals surface area (Å²) < 4.78 is 6.15. The predicted molar refractivity (Wildman–Crippen MR) is 129 cm³/mol. The molecule has 1 N–H and O–H groups in total. The zero-order valence-corrected chi connectivity index (χ0v) is 19.0. The first-order chi connectivity index (χ1) is 15.5. The number of carbonyl (C=O) groups is 1. The van der Waals surface area contributed by atoms with Crippen molar-refractivity contribution < 1.29 is 9.21 Å². The number of benzene rings is 2. The Morgan fingerprint density at radius 1 is 1.09 bits per heavy atom. The van der Waals surface area contributed by atoms with Crippen LogP contribution in [0, 0.1) is 18.3 Å². The molecule has 5 nitrogen and oxygen atoms in total. The van der Waals surface area contributed by atoms with Crippen molar-refractivity contribution in [2.24, 2.45) is 0 Å². The molecule has 2 aromatic carbocycles. The van der Waals surface area contributed by atoms with E-state index in [2.05, 4.69) is 37.0 Å². The summed E-state index contributed by atoms with van der Waals surface area (Å²) in [5.41, 5.74) is 4.17. The minimum Gasteiger partial charge on any atom is -0.457 e. The van der Waals surface area contributed by atoms with Crippen LogP contribution in [-0.4, -0.2) is 5.91 Å². The molecule has 3 aromatic rings. The Labute approximate surface area is 193 Å². The molecule has 0 radical (unpaired) electrons. The van der Waals surface area contributed by atoms with Gasteiger partial charge < -0.3 is 14.6 Å². The number of anilines is 1. The summed E-state index contributed by atoms with van der Waals surface area (Å²) >= 11 is 4.56. The molecule has 0 spiro atoms. The lowest BCUT2D eigenvalue weighted by Gasteiger charge is -2.36. The van der Waals surface area contributed by atoms with Gasteiger partial charge in [0.25, 0.3) is 5.91 Å². The molecular formula is C26H25N3O2S. The van der Waals surface area contributed by atoms with Crippen molar-refractivity contribution in [3.63, 3.8) is 0 Å². The van der Waals surface area contributed by atoms with Crippen LogP contribution in [0.15, 0.2) is 75.7 Å². The number of thiol groups is 1. The van der Waals surface area contributed by atoms with Gasteiger partial charge in [-0.15, -0.1) is 12.6 Å². The van der Waals surface area contributed by atoms with Gasteiger partial charge in [0.1, 0.15) is 23.2 Å². The molecule has 0 aliphatic carbocycles. The molecule has 6 heteroatoms. The van der Waals surface area contributed by atoms with E-state index < -0.39 is 12.1 Å². The SMILES string of the molecule is CCCCc1ccc(N2C(S)=C(C#N)C(=O)NC2c2ccc(-c3ccc(C)cc3)o2)cc1. The summed E-state index contributed by atoms with van der Waals surface area (Å²) in [6, 6.07) is 21.9. The molecule has 0 saturated heterocycles. The Morgan fingerprint density at radius 3 is 2.47 bits per heavy atom. The van der Waals surface area contributed by atoms with Crippen LogP contribution in [0.25, 0.3) is 11.3 Å². The highest BCUT2D eigenvalue weighted by molar-refractivity contribution is 7.84. The number of unbranched alkanes of at least 4 members (excludes halogenated alkanes) is 1. The van der Waals surface area contributed by atoms with Gasteiger partial charge in [-0.3, -0.25) is 4.79 Å². The fraction of sp³-hybridized carbons (Fsp3) is 0.231. The first-order valence-electron chi connectivity index (χ1n) is 10.7. The van der Waals surface area contributed by atoms with Crippen LogP contribution in [0.3, 0.4) is 0 Å². The molecule has 32 heavy (non-hydrogen) atoms. The smallest absolute Gasteiger partial charge is 0.266 e. The molecule has 1 amide bonds. The molecular weight excluding hydrogens is 418 g/mol. The van der Waals surface area contributed by atoms with Crippen molar-refractivity contribution in [2.45, 2.75) is 39.3 Å². The van der Waals surface area contributed by atoms with E-state index in [9.17, 15) is 10.1 Å². The maximum atomic E-state index is 12.6. The van der Waals surface area contributed by atoms with Gasteiger partial charge >= 0.3 is 0 Å². The number of rotatable bonds is 6. The van der Waals surface area contributed by atoms with Gasteiger partial charge in [0, 0.05) is 11.3 Å². The summed E-state index contributed by atoms with van der Waals surface area (Å²) in [4.78, 5) is 14.4. The predicted octanol–water partition coefficient (Wildman–Crippen LogP) is 5.90. The maximum Gasteiger partial charge on any atom is 0.266 e. The highest BCUT2D eigenvalue weighted by Gasteiger charge is 2.35. The molecule has 1 aliphatic rings. The quantitative estimate of drug-likeness (QED) is 0.466. The van der Waals surface area contributed by atoms with Crippen molar-refractivity contribution in [1.29, 1.82) is 5.26 Å². The summed E-state index contributed by atoms with van der Waals surface area (Å²) in [6.07, 6.45) is 2.67. The third-order valence-corrected chi connectivity index (χ3v) is 6.02. The minimum absolute atomic E-state index is 0.0232. The Kier molecular flexibility index (Phi) is 6.38. The summed E-state index contributed by atoms with van der Waals surface area (Å²) in [5, 5.41) is 12.7. The van der Waals surface area contributed by atoms with Gasteiger partial charge in [-0.25, -0.2) is 0 Å². The van der Waals surface area contributed by atoms with E-state index in [1.165, 1.54) is 11.1 Å². The molecule has 4 rings (SSSR count). The van der Waals surface area contributed by atoms with Crippen molar-refractivity contribution in [1.82, 2.24) is 5.32 Å². The number of furan rings is 1. The number of nitriles is 1. The van der Waals surface area contributed by atoms with Gasteiger partial charge in [0.15, 0.2) is 6.17 Å². The first-order valence-corrected chi connectivity index (χ1v) is 11.2. The molecule has 0 saturated carbocycles. The number of nitrogens with one attached hydrogen (secondary N) is 1. The monoisotopic (exact) mass is 443 g/mol. The second-order valence-corrected chi connectivity index (χ2v) is 8.32. The standard InChI is InChI=1S/C26H25N3O2S/c1-3-4-5-18-8-12-20(13-9-18)29-24(28-25(30)21(16-27)26(29)32)23-15-14-22(31-23)19-10-6-17(2)7-11-19/h6-15,24,32H,3-5H2,1-2H3,(H,28,30). The Hall–Kier alpha value is -3.43. The van der Waals surface area contributed by atoms with E-state index in [-0.39, 0.29) is 5.57 Å². The van der Waals surface area contributed by atoms with Gasteiger partial charge in [0.2, 0.25) is 0 Å². The van der Waals surface area contributed by atoms with Crippen LogP contribution in [-0.2, 0) is 11.2 Å². The van der Waals surface area contributed by atoms with Crippen molar-refractivity contribution in [3.8, 4) is 17.4 Å². The number of nitrogens with zero attached hydrogens (tertiary/aromatic N) is 2. The second kappa shape index (κ2) is 9.37. The number of amides is 1. The Morgan fingerprint density at radius 2 is 1.81 bits per heavy atom. The third-order valence-electron chi connectivity index (χ3n) is 5.58. The van der Waals surface area contributed by atoms with Crippen LogP contribution in [0.4, 0.5) is 5.69 Å². The zero-order valence-electron chi connectivity index (χ0n) is 18.1. The molecule has 0 bridgehead atoms. The normalized spacial score (nSPS) is 16.1. The van der Waals surface area contributed by atoms with Crippen molar-refractivity contribution in [3.05, 3.63) is 88.2 Å². The van der Waals surface area contributed by atoms with E-state index in [4.69, 9.17) is 4.42 Å². The molecule has 162 valence electrons. The van der Waals surface area contributed by atoms with E-state index in [0.717, 1.165) is 30.5 Å². The van der Waals surface area contributed by atoms with Gasteiger partial charge in [-0.05, 0) is 49.6 Å². The lowest BCUT2D eigenvalue weighted by molar-refractivity contribution is -0.118. The Bertz CT molecular complexity index is 1190.